The largest absolute Gasteiger partial charge is 0.477 e. The molecule has 224 valence electrons. The summed E-state index contributed by atoms with van der Waals surface area (Å²) in [5.74, 6) is -2.29. The lowest BCUT2D eigenvalue weighted by molar-refractivity contribution is -0.150. The summed E-state index contributed by atoms with van der Waals surface area (Å²) in [7, 11) is 0. The van der Waals surface area contributed by atoms with Crippen LogP contribution in [0.25, 0.3) is 0 Å². The zero-order valence-electron chi connectivity index (χ0n) is 21.2. The molecule has 20 heteroatoms. The highest BCUT2D eigenvalue weighted by Crippen LogP contribution is 2.46. The molecule has 2 aliphatic heterocycles. The van der Waals surface area contributed by atoms with Gasteiger partial charge in [0.1, 0.15) is 40.4 Å². The number of alkyl halides is 1. The van der Waals surface area contributed by atoms with Gasteiger partial charge in [-0.15, -0.1) is 23.5 Å². The van der Waals surface area contributed by atoms with E-state index in [0.717, 1.165) is 16.2 Å². The molecule has 0 aliphatic carbocycles. The van der Waals surface area contributed by atoms with E-state index in [1.54, 1.807) is 18.5 Å². The zero-order chi connectivity index (χ0) is 30.4. The molecule has 1 saturated heterocycles. The van der Waals surface area contributed by atoms with E-state index in [1.807, 2.05) is 0 Å². The van der Waals surface area contributed by atoms with Gasteiger partial charge in [-0.2, -0.15) is 0 Å². The van der Waals surface area contributed by atoms with Crippen molar-refractivity contribution in [3.8, 4) is 0 Å². The molecule has 4 heterocycles. The fourth-order valence-corrected chi connectivity index (χ4v) is 8.18. The van der Waals surface area contributed by atoms with Crippen LogP contribution < -0.4 is 22.1 Å². The van der Waals surface area contributed by atoms with Crippen molar-refractivity contribution in [2.75, 3.05) is 30.5 Å². The Bertz CT molecular complexity index is 1450. The fourth-order valence-electron chi connectivity index (χ4n) is 3.69. The van der Waals surface area contributed by atoms with Crippen molar-refractivity contribution in [3.05, 3.63) is 39.1 Å². The number of nitrogens with two attached hydrogens (primary N) is 2. The minimum atomic E-state index is -1.31. The lowest BCUT2D eigenvalue weighted by atomic mass is 10.0. The summed E-state index contributed by atoms with van der Waals surface area (Å²) in [5.41, 5.74) is 10.8. The predicted molar refractivity (Wildman–Crippen MR) is 158 cm³/mol. The number of carbonyl (C=O) groups excluding carboxylic acids is 3. The number of thiazole rings is 1. The molecule has 0 spiro atoms. The number of nitrogen functional groups attached to an aromatic ring is 1. The monoisotopic (exact) mass is 676 g/mol. The van der Waals surface area contributed by atoms with Gasteiger partial charge in [0.15, 0.2) is 10.8 Å². The molecule has 0 radical (unpaired) electrons. The Balaban J connectivity index is 1.52. The Morgan fingerprint density at radius 2 is 2.21 bits per heavy atom. The third-order valence-electron chi connectivity index (χ3n) is 5.47. The molecule has 1 fully saturated rings. The maximum absolute atomic E-state index is 13.2. The molecule has 0 aromatic carbocycles. The van der Waals surface area contributed by atoms with Crippen LogP contribution in [0.2, 0.25) is 4.34 Å². The number of aromatic nitrogens is 2. The fraction of sp³-hybridized carbons (Fsp3) is 0.318. The average molecular weight is 677 g/mol. The number of carboxylic acid groups (broad SMARTS) is 1. The molecule has 3 amide bonds. The third-order valence-corrected chi connectivity index (χ3v) is 10.5. The number of carbonyl (C=O) groups is 4. The number of hydrogen-bond acceptors (Lipinski definition) is 14. The topological polar surface area (TPSA) is 215 Å². The van der Waals surface area contributed by atoms with Crippen LogP contribution in [0, 0.1) is 0 Å². The van der Waals surface area contributed by atoms with Gasteiger partial charge in [0.05, 0.1) is 6.17 Å². The second kappa shape index (κ2) is 14.4. The Morgan fingerprint density at radius 3 is 2.88 bits per heavy atom. The van der Waals surface area contributed by atoms with Crippen molar-refractivity contribution >= 4 is 93.3 Å². The molecule has 0 bridgehead atoms. The van der Waals surface area contributed by atoms with Crippen molar-refractivity contribution < 1.29 is 33.5 Å². The number of halogens is 2. The standard InChI is InChI=1S/C22H22ClFN8O6S4/c23-17-13(30-22(26)42-17)14(31-38-4-2-24)18(34)29-15-19(35)32-16(21(36)37)11(6-40-20(15)32)41-9-1-3-27-5-10(9)39-7-12(25)28-8-33/h1,3,5,8,12,15,20H,2,4,6-7,25H2,(H2,26,30)(H,28,33)(H,29,34)(H,36,37)/b31-14-/t12?,15-,20+/m1/s1. The molecule has 42 heavy (non-hydrogen) atoms. The number of β-lactam (4-membered cyclic amide) rings is 1. The first-order chi connectivity index (χ1) is 20.2. The first kappa shape index (κ1) is 31.8. The summed E-state index contributed by atoms with van der Waals surface area (Å²) in [6, 6.07) is 0.612. The summed E-state index contributed by atoms with van der Waals surface area (Å²) in [6.45, 7) is -1.30. The molecule has 3 atom stereocenters. The van der Waals surface area contributed by atoms with E-state index in [0.29, 0.717) is 26.9 Å². The van der Waals surface area contributed by atoms with E-state index in [-0.39, 0.29) is 26.6 Å². The lowest BCUT2D eigenvalue weighted by Gasteiger charge is -2.49. The van der Waals surface area contributed by atoms with E-state index < -0.39 is 54.4 Å². The smallest absolute Gasteiger partial charge is 0.353 e. The van der Waals surface area contributed by atoms with Crippen molar-refractivity contribution in [3.63, 3.8) is 0 Å². The number of carboxylic acids is 1. The highest BCUT2D eigenvalue weighted by molar-refractivity contribution is 8.07. The third kappa shape index (κ3) is 7.09. The SMILES string of the molecule is Nc1nc(/C(=N/OCCF)C(=O)N[C@@H]2C(=O)N3C(C(=O)O)=C(Sc4ccncc4SCC(N)NC=O)CS[C@@H]23)c(Cl)s1. The summed E-state index contributed by atoms with van der Waals surface area (Å²) >= 11 is 10.8. The van der Waals surface area contributed by atoms with Gasteiger partial charge >= 0.3 is 5.97 Å². The number of nitrogens with one attached hydrogen (secondary N) is 2. The normalized spacial score (nSPS) is 19.1. The first-order valence-electron chi connectivity index (χ1n) is 11.8. The van der Waals surface area contributed by atoms with Crippen LogP contribution >= 0.6 is 58.2 Å². The van der Waals surface area contributed by atoms with E-state index in [1.165, 1.54) is 35.3 Å². The summed E-state index contributed by atoms with van der Waals surface area (Å²) in [6.07, 6.45) is 3.05. The van der Waals surface area contributed by atoms with Crippen LogP contribution in [0.5, 0.6) is 0 Å². The van der Waals surface area contributed by atoms with Crippen molar-refractivity contribution in [1.29, 1.82) is 0 Å². The molecular weight excluding hydrogens is 655 g/mol. The highest BCUT2D eigenvalue weighted by Gasteiger charge is 2.54. The van der Waals surface area contributed by atoms with E-state index in [4.69, 9.17) is 27.9 Å². The lowest BCUT2D eigenvalue weighted by Crippen LogP contribution is -2.71. The van der Waals surface area contributed by atoms with E-state index in [2.05, 4.69) is 25.8 Å². The van der Waals surface area contributed by atoms with Crippen LogP contribution in [0.15, 0.2) is 44.0 Å². The molecular formula is C22H22ClFN8O6S4. The van der Waals surface area contributed by atoms with Crippen molar-refractivity contribution in [2.45, 2.75) is 27.4 Å². The minimum absolute atomic E-state index is 0.0345. The summed E-state index contributed by atoms with van der Waals surface area (Å²) < 4.78 is 12.6. The number of anilines is 1. The number of pyridine rings is 1. The number of oxime groups is 1. The second-order valence-electron chi connectivity index (χ2n) is 8.20. The number of fused-ring (bicyclic) bond motifs is 1. The second-order valence-corrected chi connectivity index (χ2v) is 13.1. The van der Waals surface area contributed by atoms with E-state index >= 15 is 0 Å². The molecule has 2 aliphatic rings. The van der Waals surface area contributed by atoms with Gasteiger partial charge in [-0.25, -0.2) is 14.2 Å². The number of nitrogens with zero attached hydrogens (tertiary/aromatic N) is 4. The van der Waals surface area contributed by atoms with Gasteiger partial charge in [0.25, 0.3) is 11.8 Å². The number of amides is 3. The average Bonchev–Trinajstić information content (AvgIpc) is 3.30. The van der Waals surface area contributed by atoms with Crippen LogP contribution in [-0.4, -0.2) is 92.2 Å². The minimum Gasteiger partial charge on any atom is -0.477 e. The first-order valence-corrected chi connectivity index (χ1v) is 15.8. The molecule has 7 N–H and O–H groups in total. The molecule has 2 aromatic heterocycles. The molecule has 2 aromatic rings. The Kier molecular flexibility index (Phi) is 10.9. The van der Waals surface area contributed by atoms with Crippen molar-refractivity contribution in [2.24, 2.45) is 10.9 Å². The summed E-state index contributed by atoms with van der Waals surface area (Å²) in [4.78, 5) is 65.1. The van der Waals surface area contributed by atoms with E-state index in [9.17, 15) is 28.7 Å². The van der Waals surface area contributed by atoms with Gasteiger partial charge in [0, 0.05) is 38.6 Å². The molecule has 4 rings (SSSR count). The number of thioether (sulfide) groups is 3. The maximum atomic E-state index is 13.2. The van der Waals surface area contributed by atoms with Crippen LogP contribution in [0.1, 0.15) is 5.69 Å². The van der Waals surface area contributed by atoms with Crippen LogP contribution in [0.3, 0.4) is 0 Å². The molecule has 1 unspecified atom stereocenters. The summed E-state index contributed by atoms with van der Waals surface area (Å²) in [5, 5.41) is 18.0. The number of aliphatic carboxylic acids is 1. The van der Waals surface area contributed by atoms with Gasteiger partial charge in [0.2, 0.25) is 6.41 Å². The Morgan fingerprint density at radius 1 is 1.43 bits per heavy atom. The van der Waals surface area contributed by atoms with Gasteiger partial charge in [-0.3, -0.25) is 24.3 Å². The maximum Gasteiger partial charge on any atom is 0.353 e. The molecule has 0 saturated carbocycles. The highest BCUT2D eigenvalue weighted by atomic mass is 35.5. The van der Waals surface area contributed by atoms with Gasteiger partial charge in [-0.05, 0) is 6.07 Å². The quantitative estimate of drug-likeness (QED) is 0.0361. The Labute approximate surface area is 259 Å². The van der Waals surface area contributed by atoms with Crippen LogP contribution in [-0.2, 0) is 24.0 Å². The molecule has 14 nitrogen and oxygen atoms in total. The van der Waals surface area contributed by atoms with Crippen molar-refractivity contribution in [1.82, 2.24) is 25.5 Å². The number of hydrogen-bond donors (Lipinski definition) is 5. The predicted octanol–water partition coefficient (Wildman–Crippen LogP) is 1.08. The Hall–Kier alpha value is -3.10. The van der Waals surface area contributed by atoms with Crippen LogP contribution in [0.4, 0.5) is 9.52 Å². The van der Waals surface area contributed by atoms with Gasteiger partial charge < -0.3 is 32.0 Å². The van der Waals surface area contributed by atoms with Gasteiger partial charge in [-0.1, -0.05) is 39.9 Å². The zero-order valence-corrected chi connectivity index (χ0v) is 25.2. The number of rotatable bonds is 14.